The third-order valence-corrected chi connectivity index (χ3v) is 3.84. The largest absolute Gasteiger partial charge is 0.383 e. The van der Waals surface area contributed by atoms with E-state index in [1.54, 1.807) is 13.2 Å². The lowest BCUT2D eigenvalue weighted by atomic mass is 10.2. The van der Waals surface area contributed by atoms with Crippen LogP contribution in [0.1, 0.15) is 5.56 Å². The Labute approximate surface area is 118 Å². The summed E-state index contributed by atoms with van der Waals surface area (Å²) in [6.07, 6.45) is 0. The van der Waals surface area contributed by atoms with Gasteiger partial charge in [0.15, 0.2) is 0 Å². The summed E-state index contributed by atoms with van der Waals surface area (Å²) in [6.45, 7) is 6.67. The maximum atomic E-state index is 13.0. The van der Waals surface area contributed by atoms with Gasteiger partial charge in [-0.25, -0.2) is 4.39 Å². The van der Waals surface area contributed by atoms with Gasteiger partial charge in [-0.2, -0.15) is 0 Å². The molecule has 1 aromatic rings. The molecule has 0 aromatic heterocycles. The summed E-state index contributed by atoms with van der Waals surface area (Å²) < 4.78 is 18.1. The Morgan fingerprint density at radius 1 is 1.21 bits per heavy atom. The highest BCUT2D eigenvalue weighted by molar-refractivity contribution is 6.31. The summed E-state index contributed by atoms with van der Waals surface area (Å²) >= 11 is 6.05. The second-order valence-electron chi connectivity index (χ2n) is 4.85. The number of methoxy groups -OCH3 is 1. The molecule has 2 rings (SSSR count). The Hall–Kier alpha value is -0.680. The molecule has 0 amide bonds. The monoisotopic (exact) mass is 286 g/mol. The van der Waals surface area contributed by atoms with E-state index in [2.05, 4.69) is 9.80 Å². The average molecular weight is 287 g/mol. The van der Waals surface area contributed by atoms with Crippen LogP contribution in [-0.2, 0) is 11.3 Å². The number of ether oxygens (including phenoxy) is 1. The summed E-state index contributed by atoms with van der Waals surface area (Å²) in [7, 11) is 1.73. The number of halogens is 2. The van der Waals surface area contributed by atoms with Crippen molar-refractivity contribution in [2.24, 2.45) is 0 Å². The van der Waals surface area contributed by atoms with Crippen LogP contribution in [0.25, 0.3) is 0 Å². The molecular weight excluding hydrogens is 267 g/mol. The van der Waals surface area contributed by atoms with Gasteiger partial charge in [0.25, 0.3) is 0 Å². The Bertz CT molecular complexity index is 408. The zero-order chi connectivity index (χ0) is 13.7. The van der Waals surface area contributed by atoms with Crippen LogP contribution in [0.5, 0.6) is 0 Å². The molecule has 0 unspecified atom stereocenters. The van der Waals surface area contributed by atoms with Crippen LogP contribution in [0.3, 0.4) is 0 Å². The number of benzene rings is 1. The van der Waals surface area contributed by atoms with Gasteiger partial charge in [-0.05, 0) is 17.7 Å². The first-order valence-corrected chi connectivity index (χ1v) is 6.94. The van der Waals surface area contributed by atoms with E-state index >= 15 is 0 Å². The fourth-order valence-electron chi connectivity index (χ4n) is 2.28. The van der Waals surface area contributed by atoms with Crippen LogP contribution >= 0.6 is 11.6 Å². The van der Waals surface area contributed by atoms with Crippen LogP contribution in [0.15, 0.2) is 18.2 Å². The third-order valence-electron chi connectivity index (χ3n) is 3.49. The van der Waals surface area contributed by atoms with Crippen molar-refractivity contribution in [2.45, 2.75) is 6.54 Å². The summed E-state index contributed by atoms with van der Waals surface area (Å²) in [5.74, 6) is -0.280. The van der Waals surface area contributed by atoms with Crippen molar-refractivity contribution in [3.63, 3.8) is 0 Å². The normalized spacial score (nSPS) is 17.8. The van der Waals surface area contributed by atoms with Crippen molar-refractivity contribution in [1.29, 1.82) is 0 Å². The van der Waals surface area contributed by atoms with Gasteiger partial charge in [0, 0.05) is 51.4 Å². The predicted molar refractivity (Wildman–Crippen MR) is 75.0 cm³/mol. The predicted octanol–water partition coefficient (Wildman–Crippen LogP) is 2.24. The average Bonchev–Trinajstić information content (AvgIpc) is 2.41. The van der Waals surface area contributed by atoms with Gasteiger partial charge in [-0.3, -0.25) is 9.80 Å². The van der Waals surface area contributed by atoms with Crippen LogP contribution in [0.4, 0.5) is 4.39 Å². The topological polar surface area (TPSA) is 15.7 Å². The first-order valence-electron chi connectivity index (χ1n) is 6.56. The molecule has 0 saturated carbocycles. The second kappa shape index (κ2) is 7.20. The number of nitrogens with zero attached hydrogens (tertiary/aromatic N) is 2. The molecule has 0 bridgehead atoms. The first kappa shape index (κ1) is 14.7. The van der Waals surface area contributed by atoms with Gasteiger partial charge in [0.1, 0.15) is 5.82 Å². The fourth-order valence-corrected chi connectivity index (χ4v) is 2.51. The fraction of sp³-hybridized carbons (Fsp3) is 0.571. The third kappa shape index (κ3) is 4.42. The molecule has 0 atom stereocenters. The lowest BCUT2D eigenvalue weighted by molar-refractivity contribution is 0.0938. The minimum absolute atomic E-state index is 0.280. The maximum absolute atomic E-state index is 13.0. The first-order chi connectivity index (χ1) is 9.19. The molecule has 1 fully saturated rings. The molecule has 5 heteroatoms. The van der Waals surface area contributed by atoms with Crippen molar-refractivity contribution in [3.8, 4) is 0 Å². The van der Waals surface area contributed by atoms with E-state index in [-0.39, 0.29) is 5.82 Å². The quantitative estimate of drug-likeness (QED) is 0.826. The van der Waals surface area contributed by atoms with E-state index in [0.717, 1.165) is 51.4 Å². The standard InChI is InChI=1S/C14H20ClFN2O/c1-19-9-8-17-4-6-18(7-5-17)11-12-2-3-13(16)10-14(12)15/h2-3,10H,4-9,11H2,1H3. The summed E-state index contributed by atoms with van der Waals surface area (Å²) in [5.41, 5.74) is 0.994. The molecule has 0 N–H and O–H groups in total. The maximum Gasteiger partial charge on any atom is 0.124 e. The number of hydrogen-bond donors (Lipinski definition) is 0. The summed E-state index contributed by atoms with van der Waals surface area (Å²) in [5, 5.41) is 0.516. The summed E-state index contributed by atoms with van der Waals surface area (Å²) in [4.78, 5) is 4.74. The van der Waals surface area contributed by atoms with E-state index in [4.69, 9.17) is 16.3 Å². The lowest BCUT2D eigenvalue weighted by Gasteiger charge is -2.34. The van der Waals surface area contributed by atoms with E-state index in [1.165, 1.54) is 12.1 Å². The Morgan fingerprint density at radius 3 is 2.53 bits per heavy atom. The second-order valence-corrected chi connectivity index (χ2v) is 5.25. The number of rotatable bonds is 5. The van der Waals surface area contributed by atoms with E-state index in [9.17, 15) is 4.39 Å². The highest BCUT2D eigenvalue weighted by Gasteiger charge is 2.17. The Morgan fingerprint density at radius 2 is 1.89 bits per heavy atom. The van der Waals surface area contributed by atoms with Crippen molar-refractivity contribution in [3.05, 3.63) is 34.6 Å². The Kier molecular flexibility index (Phi) is 5.58. The minimum atomic E-state index is -0.280. The minimum Gasteiger partial charge on any atom is -0.383 e. The van der Waals surface area contributed by atoms with Crippen LogP contribution in [0, 0.1) is 5.82 Å². The Balaban J connectivity index is 1.82. The van der Waals surface area contributed by atoms with Gasteiger partial charge in [-0.15, -0.1) is 0 Å². The van der Waals surface area contributed by atoms with Gasteiger partial charge in [0.05, 0.1) is 6.61 Å². The molecule has 3 nitrogen and oxygen atoms in total. The molecule has 1 aromatic carbocycles. The van der Waals surface area contributed by atoms with E-state index < -0.39 is 0 Å². The van der Waals surface area contributed by atoms with Gasteiger partial charge in [0.2, 0.25) is 0 Å². The number of piperazine rings is 1. The molecule has 106 valence electrons. The zero-order valence-corrected chi connectivity index (χ0v) is 12.0. The highest BCUT2D eigenvalue weighted by atomic mass is 35.5. The SMILES string of the molecule is COCCN1CCN(Cc2ccc(F)cc2Cl)CC1. The molecule has 0 radical (unpaired) electrons. The van der Waals surface area contributed by atoms with Crippen molar-refractivity contribution in [1.82, 2.24) is 9.80 Å². The molecule has 0 spiro atoms. The molecule has 1 aliphatic heterocycles. The molecule has 1 heterocycles. The molecule has 1 aliphatic rings. The lowest BCUT2D eigenvalue weighted by Crippen LogP contribution is -2.46. The van der Waals surface area contributed by atoms with Crippen molar-refractivity contribution >= 4 is 11.6 Å². The van der Waals surface area contributed by atoms with Crippen molar-refractivity contribution < 1.29 is 9.13 Å². The molecule has 0 aliphatic carbocycles. The van der Waals surface area contributed by atoms with Gasteiger partial charge in [-0.1, -0.05) is 17.7 Å². The van der Waals surface area contributed by atoms with Gasteiger partial charge < -0.3 is 4.74 Å². The highest BCUT2D eigenvalue weighted by Crippen LogP contribution is 2.19. The van der Waals surface area contributed by atoms with Crippen LogP contribution in [0.2, 0.25) is 5.02 Å². The molecule has 19 heavy (non-hydrogen) atoms. The van der Waals surface area contributed by atoms with E-state index in [1.807, 2.05) is 0 Å². The zero-order valence-electron chi connectivity index (χ0n) is 11.2. The van der Waals surface area contributed by atoms with Crippen molar-refractivity contribution in [2.75, 3.05) is 46.4 Å². The smallest absolute Gasteiger partial charge is 0.124 e. The van der Waals surface area contributed by atoms with E-state index in [0.29, 0.717) is 5.02 Å². The van der Waals surface area contributed by atoms with Crippen LogP contribution in [-0.4, -0.2) is 56.2 Å². The van der Waals surface area contributed by atoms with Crippen LogP contribution < -0.4 is 0 Å². The molecular formula is C14H20ClFN2O. The number of hydrogen-bond acceptors (Lipinski definition) is 3. The van der Waals surface area contributed by atoms with Gasteiger partial charge >= 0.3 is 0 Å². The molecule has 1 saturated heterocycles. The summed E-state index contributed by atoms with van der Waals surface area (Å²) in [6, 6.07) is 4.62.